The number of hydrogen-bond acceptors (Lipinski definition) is 5. The van der Waals surface area contributed by atoms with Crippen LogP contribution in [0.5, 0.6) is 11.5 Å². The molecule has 0 aliphatic rings. The average Bonchev–Trinajstić information content (AvgIpc) is 3.06. The van der Waals surface area contributed by atoms with Gasteiger partial charge in [0.1, 0.15) is 28.2 Å². The van der Waals surface area contributed by atoms with E-state index < -0.39 is 5.97 Å². The van der Waals surface area contributed by atoms with Gasteiger partial charge in [-0.05, 0) is 43.3 Å². The molecule has 4 aromatic rings. The minimum Gasteiger partial charge on any atom is -0.505 e. The highest BCUT2D eigenvalue weighted by molar-refractivity contribution is 5.91. The number of carbonyl (C=O) groups excluding carboxylic acids is 1. The van der Waals surface area contributed by atoms with Crippen molar-refractivity contribution >= 4 is 17.0 Å². The van der Waals surface area contributed by atoms with E-state index in [1.165, 1.54) is 10.9 Å². The molecule has 0 unspecified atom stereocenters. The summed E-state index contributed by atoms with van der Waals surface area (Å²) >= 11 is 0. The van der Waals surface area contributed by atoms with Gasteiger partial charge in [0.25, 0.3) is 0 Å². The Kier molecular flexibility index (Phi) is 3.85. The highest BCUT2D eigenvalue weighted by Crippen LogP contribution is 2.27. The Hall–Kier alpha value is -3.67. The van der Waals surface area contributed by atoms with Gasteiger partial charge in [-0.1, -0.05) is 29.8 Å². The molecule has 0 saturated heterocycles. The van der Waals surface area contributed by atoms with Gasteiger partial charge in [0, 0.05) is 6.07 Å². The topological polar surface area (TPSA) is 77.2 Å². The molecule has 0 amide bonds. The predicted octanol–water partition coefficient (Wildman–Crippen LogP) is 3.65. The molecule has 0 saturated carbocycles. The van der Waals surface area contributed by atoms with Crippen molar-refractivity contribution < 1.29 is 14.6 Å². The van der Waals surface area contributed by atoms with Crippen LogP contribution in [0.3, 0.4) is 0 Å². The van der Waals surface area contributed by atoms with Crippen LogP contribution in [0, 0.1) is 6.92 Å². The average molecular weight is 345 g/mol. The molecule has 4 rings (SSSR count). The molecule has 3 aromatic carbocycles. The third-order valence-electron chi connectivity index (χ3n) is 3.95. The van der Waals surface area contributed by atoms with Crippen molar-refractivity contribution in [1.82, 2.24) is 15.0 Å². The monoisotopic (exact) mass is 345 g/mol. The molecular formula is C20H15N3O3. The minimum absolute atomic E-state index is 0.0838. The molecule has 0 fully saturated rings. The van der Waals surface area contributed by atoms with Crippen LogP contribution in [0.15, 0.2) is 66.7 Å². The van der Waals surface area contributed by atoms with Crippen LogP contribution in [0.25, 0.3) is 16.7 Å². The van der Waals surface area contributed by atoms with Crippen molar-refractivity contribution in [2.75, 3.05) is 0 Å². The number of nitrogens with zero attached hydrogens (tertiary/aromatic N) is 3. The van der Waals surface area contributed by atoms with Crippen molar-refractivity contribution in [3.05, 3.63) is 77.9 Å². The second kappa shape index (κ2) is 6.33. The first kappa shape index (κ1) is 15.8. The summed E-state index contributed by atoms with van der Waals surface area (Å²) in [6, 6.07) is 19.1. The summed E-state index contributed by atoms with van der Waals surface area (Å²) in [5.74, 6) is -0.326. The third-order valence-corrected chi connectivity index (χ3v) is 3.95. The Morgan fingerprint density at radius 2 is 1.62 bits per heavy atom. The molecule has 6 nitrogen and oxygen atoms in total. The summed E-state index contributed by atoms with van der Waals surface area (Å²) < 4.78 is 5.32. The van der Waals surface area contributed by atoms with Crippen LogP contribution in [0.4, 0.5) is 0 Å². The number of ether oxygens (including phenoxy) is 1. The molecule has 0 bridgehead atoms. The zero-order valence-electron chi connectivity index (χ0n) is 14.0. The van der Waals surface area contributed by atoms with Crippen LogP contribution in [-0.4, -0.2) is 26.1 Å². The highest BCUT2D eigenvalue weighted by Gasteiger charge is 2.13. The first-order chi connectivity index (χ1) is 12.6. The van der Waals surface area contributed by atoms with E-state index in [-0.39, 0.29) is 11.5 Å². The van der Waals surface area contributed by atoms with Gasteiger partial charge >= 0.3 is 5.97 Å². The van der Waals surface area contributed by atoms with Gasteiger partial charge in [0.15, 0.2) is 0 Å². The normalized spacial score (nSPS) is 10.8. The smallest absolute Gasteiger partial charge is 0.343 e. The van der Waals surface area contributed by atoms with Gasteiger partial charge in [-0.3, -0.25) is 0 Å². The van der Waals surface area contributed by atoms with Gasteiger partial charge in [-0.25, -0.2) is 4.79 Å². The van der Waals surface area contributed by atoms with E-state index in [4.69, 9.17) is 4.74 Å². The summed E-state index contributed by atoms with van der Waals surface area (Å²) in [6.07, 6.45) is 0. The van der Waals surface area contributed by atoms with E-state index >= 15 is 0 Å². The van der Waals surface area contributed by atoms with Crippen molar-refractivity contribution in [3.63, 3.8) is 0 Å². The van der Waals surface area contributed by atoms with Crippen molar-refractivity contribution in [3.8, 4) is 17.2 Å². The Morgan fingerprint density at radius 1 is 0.962 bits per heavy atom. The molecule has 1 N–H and O–H groups in total. The number of fused-ring (bicyclic) bond motifs is 1. The lowest BCUT2D eigenvalue weighted by molar-refractivity contribution is 0.0734. The largest absolute Gasteiger partial charge is 0.505 e. The number of phenolic OH excluding ortho intramolecular Hbond substituents is 1. The molecule has 0 spiro atoms. The lowest BCUT2D eigenvalue weighted by atomic mass is 10.1. The number of esters is 1. The van der Waals surface area contributed by atoms with Crippen LogP contribution in [-0.2, 0) is 0 Å². The van der Waals surface area contributed by atoms with Gasteiger partial charge in [0.2, 0.25) is 0 Å². The fraction of sp³-hybridized carbons (Fsp3) is 0.0500. The van der Waals surface area contributed by atoms with E-state index in [0.717, 1.165) is 16.6 Å². The summed E-state index contributed by atoms with van der Waals surface area (Å²) in [6.45, 7) is 1.94. The van der Waals surface area contributed by atoms with E-state index in [9.17, 15) is 9.90 Å². The Morgan fingerprint density at radius 3 is 2.23 bits per heavy atom. The maximum Gasteiger partial charge on any atom is 0.343 e. The molecule has 1 aromatic heterocycles. The number of aromatic hydroxyl groups is 1. The van der Waals surface area contributed by atoms with Gasteiger partial charge < -0.3 is 9.84 Å². The number of aryl methyl sites for hydroxylation is 1. The fourth-order valence-electron chi connectivity index (χ4n) is 2.56. The lowest BCUT2D eigenvalue weighted by Gasteiger charge is -2.07. The van der Waals surface area contributed by atoms with Crippen LogP contribution in [0.2, 0.25) is 0 Å². The molecule has 26 heavy (non-hydrogen) atoms. The summed E-state index contributed by atoms with van der Waals surface area (Å²) in [5.41, 5.74) is 3.35. The van der Waals surface area contributed by atoms with E-state index in [0.29, 0.717) is 11.3 Å². The van der Waals surface area contributed by atoms with Gasteiger partial charge in [0.05, 0.1) is 5.56 Å². The first-order valence-corrected chi connectivity index (χ1v) is 8.04. The van der Waals surface area contributed by atoms with E-state index in [2.05, 4.69) is 10.2 Å². The molecular weight excluding hydrogens is 330 g/mol. The van der Waals surface area contributed by atoms with Gasteiger partial charge in [-0.15, -0.1) is 15.0 Å². The maximum absolute atomic E-state index is 12.2. The van der Waals surface area contributed by atoms with Gasteiger partial charge in [-0.2, -0.15) is 0 Å². The number of aromatic nitrogens is 3. The maximum atomic E-state index is 12.2. The lowest BCUT2D eigenvalue weighted by Crippen LogP contribution is -2.08. The van der Waals surface area contributed by atoms with E-state index in [1.807, 2.05) is 43.3 Å². The Balaban J connectivity index is 1.59. The summed E-state index contributed by atoms with van der Waals surface area (Å²) in [5, 5.41) is 19.0. The highest BCUT2D eigenvalue weighted by atomic mass is 16.5. The van der Waals surface area contributed by atoms with Crippen LogP contribution in [0.1, 0.15) is 15.9 Å². The SMILES string of the molecule is Cc1ccc(C(=O)Oc2ccc(-n3nc4ccccc4n3)c(O)c2)cc1. The number of hydrogen-bond donors (Lipinski definition) is 1. The number of benzene rings is 3. The predicted molar refractivity (Wildman–Crippen MR) is 96.7 cm³/mol. The molecule has 0 radical (unpaired) electrons. The number of phenols is 1. The van der Waals surface area contributed by atoms with Crippen molar-refractivity contribution in [1.29, 1.82) is 0 Å². The molecule has 0 aliphatic heterocycles. The molecule has 0 aliphatic carbocycles. The summed E-state index contributed by atoms with van der Waals surface area (Å²) in [4.78, 5) is 13.5. The molecule has 128 valence electrons. The number of rotatable bonds is 3. The van der Waals surface area contributed by atoms with Crippen molar-refractivity contribution in [2.24, 2.45) is 0 Å². The third kappa shape index (κ3) is 3.00. The Bertz CT molecular complexity index is 1070. The molecule has 1 heterocycles. The number of carbonyl (C=O) groups is 1. The quantitative estimate of drug-likeness (QED) is 0.453. The van der Waals surface area contributed by atoms with E-state index in [1.54, 1.807) is 24.3 Å². The standard InChI is InChI=1S/C20H15N3O3/c1-13-6-8-14(9-7-13)20(25)26-15-10-11-18(19(24)12-15)23-21-16-4-2-3-5-17(16)22-23/h2-12,24H,1H3. The second-order valence-electron chi connectivity index (χ2n) is 5.88. The zero-order valence-corrected chi connectivity index (χ0v) is 14.0. The second-order valence-corrected chi connectivity index (χ2v) is 5.88. The van der Waals surface area contributed by atoms with Crippen LogP contribution < -0.4 is 4.74 Å². The van der Waals surface area contributed by atoms with Crippen LogP contribution >= 0.6 is 0 Å². The molecule has 6 heteroatoms. The summed E-state index contributed by atoms with van der Waals surface area (Å²) in [7, 11) is 0. The van der Waals surface area contributed by atoms with Crippen molar-refractivity contribution in [2.45, 2.75) is 6.92 Å². The first-order valence-electron chi connectivity index (χ1n) is 8.04. The fourth-order valence-corrected chi connectivity index (χ4v) is 2.56. The minimum atomic E-state index is -0.486. The molecule has 0 atom stereocenters. The Labute approximate surface area is 149 Å². The zero-order chi connectivity index (χ0) is 18.1.